The fraction of sp³-hybridized carbons (Fsp3) is 0. The topological polar surface area (TPSA) is 49.7 Å². The summed E-state index contributed by atoms with van der Waals surface area (Å²) in [5, 5.41) is 9.79. The van der Waals surface area contributed by atoms with Crippen LogP contribution in [0.4, 0.5) is 5.69 Å². The highest BCUT2D eigenvalue weighted by Crippen LogP contribution is 2.39. The highest BCUT2D eigenvalue weighted by Gasteiger charge is 2.10. The Morgan fingerprint density at radius 2 is 1.76 bits per heavy atom. The van der Waals surface area contributed by atoms with Crippen LogP contribution < -0.4 is 0 Å². The Morgan fingerprint density at radius 1 is 1.06 bits per heavy atom. The van der Waals surface area contributed by atoms with E-state index in [-0.39, 0.29) is 5.75 Å². The number of aromatic hydroxyl groups is 1. The molecular formula is C13H8BrNO2. The summed E-state index contributed by atoms with van der Waals surface area (Å²) in [5.74, 6) is 0.146. The summed E-state index contributed by atoms with van der Waals surface area (Å²) in [5.41, 5.74) is 1.77. The van der Waals surface area contributed by atoms with Gasteiger partial charge in [0.1, 0.15) is 5.75 Å². The number of phenols is 1. The number of isocyanates is 1. The first kappa shape index (κ1) is 11.6. The minimum atomic E-state index is 0.146. The van der Waals surface area contributed by atoms with Gasteiger partial charge in [-0.3, -0.25) is 0 Å². The maximum absolute atomic E-state index is 10.4. The van der Waals surface area contributed by atoms with Crippen LogP contribution in [0.1, 0.15) is 0 Å². The molecule has 0 spiro atoms. The van der Waals surface area contributed by atoms with Crippen molar-refractivity contribution in [1.29, 1.82) is 0 Å². The average Bonchev–Trinajstić information content (AvgIpc) is 2.33. The number of carbonyl (C=O) groups excluding carboxylic acids is 1. The van der Waals surface area contributed by atoms with Gasteiger partial charge < -0.3 is 5.11 Å². The maximum Gasteiger partial charge on any atom is 0.240 e. The third kappa shape index (κ3) is 2.28. The molecular weight excluding hydrogens is 282 g/mol. The lowest BCUT2D eigenvalue weighted by Gasteiger charge is -2.08. The van der Waals surface area contributed by atoms with Crippen molar-refractivity contribution in [3.8, 4) is 16.9 Å². The molecule has 3 nitrogen and oxygen atoms in total. The van der Waals surface area contributed by atoms with Crippen molar-refractivity contribution in [1.82, 2.24) is 0 Å². The SMILES string of the molecule is O=C=Nc1c(Br)cccc1-c1ccccc1O. The second-order valence-electron chi connectivity index (χ2n) is 3.36. The van der Waals surface area contributed by atoms with Gasteiger partial charge in [-0.1, -0.05) is 30.3 Å². The lowest BCUT2D eigenvalue weighted by Crippen LogP contribution is -1.81. The molecule has 0 aromatic heterocycles. The second-order valence-corrected chi connectivity index (χ2v) is 4.21. The Hall–Kier alpha value is -1.90. The molecule has 0 bridgehead atoms. The summed E-state index contributed by atoms with van der Waals surface area (Å²) < 4.78 is 0.682. The third-order valence-corrected chi connectivity index (χ3v) is 2.98. The van der Waals surface area contributed by atoms with E-state index in [0.29, 0.717) is 21.3 Å². The molecule has 0 unspecified atom stereocenters. The first-order valence-corrected chi connectivity index (χ1v) is 5.68. The first-order valence-electron chi connectivity index (χ1n) is 4.89. The van der Waals surface area contributed by atoms with E-state index in [2.05, 4.69) is 20.9 Å². The van der Waals surface area contributed by atoms with E-state index in [1.165, 1.54) is 6.08 Å². The monoisotopic (exact) mass is 289 g/mol. The standard InChI is InChI=1S/C13H8BrNO2/c14-11-6-3-5-10(13(11)15-8-16)9-4-1-2-7-12(9)17/h1-7,17H. The minimum absolute atomic E-state index is 0.146. The van der Waals surface area contributed by atoms with Crippen LogP contribution in [0.25, 0.3) is 11.1 Å². The molecule has 0 fully saturated rings. The number of hydrogen-bond donors (Lipinski definition) is 1. The van der Waals surface area contributed by atoms with E-state index < -0.39 is 0 Å². The van der Waals surface area contributed by atoms with E-state index in [0.717, 1.165) is 0 Å². The minimum Gasteiger partial charge on any atom is -0.507 e. The Kier molecular flexibility index (Phi) is 3.38. The van der Waals surface area contributed by atoms with Gasteiger partial charge in [-0.05, 0) is 28.1 Å². The smallest absolute Gasteiger partial charge is 0.240 e. The molecule has 0 atom stereocenters. The summed E-state index contributed by atoms with van der Waals surface area (Å²) in [6.45, 7) is 0. The second kappa shape index (κ2) is 4.95. The van der Waals surface area contributed by atoms with Crippen molar-refractivity contribution in [3.63, 3.8) is 0 Å². The normalized spacial score (nSPS) is 9.71. The molecule has 17 heavy (non-hydrogen) atoms. The molecule has 84 valence electrons. The molecule has 0 radical (unpaired) electrons. The van der Waals surface area contributed by atoms with Crippen LogP contribution in [0.15, 0.2) is 51.9 Å². The van der Waals surface area contributed by atoms with Crippen LogP contribution in [-0.2, 0) is 4.79 Å². The van der Waals surface area contributed by atoms with Gasteiger partial charge in [0.25, 0.3) is 0 Å². The van der Waals surface area contributed by atoms with Gasteiger partial charge in [-0.25, -0.2) is 4.79 Å². The molecule has 4 heteroatoms. The number of para-hydroxylation sites is 2. The van der Waals surface area contributed by atoms with Crippen molar-refractivity contribution in [2.45, 2.75) is 0 Å². The molecule has 0 aliphatic rings. The number of aliphatic imine (C=N–C) groups is 1. The Balaban J connectivity index is 2.72. The Labute approximate surface area is 107 Å². The number of hydrogen-bond acceptors (Lipinski definition) is 3. The molecule has 1 N–H and O–H groups in total. The van der Waals surface area contributed by atoms with Crippen molar-refractivity contribution in [2.24, 2.45) is 4.99 Å². The third-order valence-electron chi connectivity index (χ3n) is 2.34. The number of nitrogens with zero attached hydrogens (tertiary/aromatic N) is 1. The molecule has 0 aliphatic carbocycles. The van der Waals surface area contributed by atoms with Gasteiger partial charge in [0.2, 0.25) is 6.08 Å². The maximum atomic E-state index is 10.4. The summed E-state index contributed by atoms with van der Waals surface area (Å²) >= 11 is 3.32. The lowest BCUT2D eigenvalue weighted by atomic mass is 10.0. The van der Waals surface area contributed by atoms with E-state index >= 15 is 0 Å². The molecule has 0 saturated carbocycles. The Morgan fingerprint density at radius 3 is 2.47 bits per heavy atom. The quantitative estimate of drug-likeness (QED) is 0.675. The summed E-state index contributed by atoms with van der Waals surface area (Å²) in [4.78, 5) is 14.1. The number of rotatable bonds is 2. The van der Waals surface area contributed by atoms with Crippen LogP contribution in [0.5, 0.6) is 5.75 Å². The van der Waals surface area contributed by atoms with Crippen molar-refractivity contribution in [3.05, 3.63) is 46.9 Å². The van der Waals surface area contributed by atoms with Crippen LogP contribution in [-0.4, -0.2) is 11.2 Å². The zero-order valence-corrected chi connectivity index (χ0v) is 10.3. The van der Waals surface area contributed by atoms with Gasteiger partial charge >= 0.3 is 0 Å². The highest BCUT2D eigenvalue weighted by molar-refractivity contribution is 9.10. The molecule has 0 saturated heterocycles. The summed E-state index contributed by atoms with van der Waals surface area (Å²) in [7, 11) is 0. The molecule has 2 rings (SSSR count). The van der Waals surface area contributed by atoms with Crippen LogP contribution in [0.2, 0.25) is 0 Å². The fourth-order valence-electron chi connectivity index (χ4n) is 1.59. The van der Waals surface area contributed by atoms with Crippen molar-refractivity contribution in [2.75, 3.05) is 0 Å². The van der Waals surface area contributed by atoms with Crippen molar-refractivity contribution < 1.29 is 9.90 Å². The Bertz CT molecular complexity index is 604. The largest absolute Gasteiger partial charge is 0.507 e. The number of phenolic OH excluding ortho intramolecular Hbond substituents is 1. The summed E-state index contributed by atoms with van der Waals surface area (Å²) in [6.07, 6.45) is 1.52. The van der Waals surface area contributed by atoms with Gasteiger partial charge in [0.05, 0.1) is 5.69 Å². The molecule has 0 aliphatic heterocycles. The highest BCUT2D eigenvalue weighted by atomic mass is 79.9. The lowest BCUT2D eigenvalue weighted by molar-refractivity contribution is 0.477. The zero-order chi connectivity index (χ0) is 12.3. The van der Waals surface area contributed by atoms with E-state index in [1.807, 2.05) is 12.1 Å². The number of halogens is 1. The zero-order valence-electron chi connectivity index (χ0n) is 8.72. The first-order chi connectivity index (χ1) is 8.24. The van der Waals surface area contributed by atoms with Crippen molar-refractivity contribution >= 4 is 27.7 Å². The molecule has 0 heterocycles. The van der Waals surface area contributed by atoms with Gasteiger partial charge in [-0.15, -0.1) is 0 Å². The van der Waals surface area contributed by atoms with Crippen LogP contribution >= 0.6 is 15.9 Å². The van der Waals surface area contributed by atoms with Gasteiger partial charge in [0.15, 0.2) is 0 Å². The molecule has 2 aromatic carbocycles. The predicted octanol–water partition coefficient (Wildman–Crippen LogP) is 3.79. The average molecular weight is 290 g/mol. The van der Waals surface area contributed by atoms with E-state index in [1.54, 1.807) is 30.3 Å². The summed E-state index contributed by atoms with van der Waals surface area (Å²) in [6, 6.07) is 12.3. The van der Waals surface area contributed by atoms with E-state index in [4.69, 9.17) is 0 Å². The van der Waals surface area contributed by atoms with Gasteiger partial charge in [0, 0.05) is 15.6 Å². The van der Waals surface area contributed by atoms with E-state index in [9.17, 15) is 9.90 Å². The fourth-order valence-corrected chi connectivity index (χ4v) is 2.05. The van der Waals surface area contributed by atoms with Crippen LogP contribution in [0.3, 0.4) is 0 Å². The van der Waals surface area contributed by atoms with Gasteiger partial charge in [-0.2, -0.15) is 4.99 Å². The molecule has 2 aromatic rings. The number of benzene rings is 2. The molecule has 0 amide bonds. The van der Waals surface area contributed by atoms with Crippen LogP contribution in [0, 0.1) is 0 Å². The predicted molar refractivity (Wildman–Crippen MR) is 69.0 cm³/mol.